The van der Waals surface area contributed by atoms with E-state index in [4.69, 9.17) is 14.2 Å². The molecule has 0 unspecified atom stereocenters. The van der Waals surface area contributed by atoms with Crippen molar-refractivity contribution in [2.45, 2.75) is 17.9 Å². The molecular formula is C18H18O5. The van der Waals surface area contributed by atoms with Gasteiger partial charge in [0.2, 0.25) is 0 Å². The summed E-state index contributed by atoms with van der Waals surface area (Å²) in [5, 5.41) is 20.8. The molecule has 1 heterocycles. The van der Waals surface area contributed by atoms with Crippen LogP contribution < -0.4 is 14.2 Å². The van der Waals surface area contributed by atoms with Crippen molar-refractivity contribution in [2.24, 2.45) is 0 Å². The normalized spacial score (nSPS) is 24.2. The summed E-state index contributed by atoms with van der Waals surface area (Å²) in [7, 11) is 3.20. The van der Waals surface area contributed by atoms with Crippen LogP contribution in [0.15, 0.2) is 30.3 Å². The molecule has 2 aromatic carbocycles. The highest BCUT2D eigenvalue weighted by atomic mass is 16.5. The highest BCUT2D eigenvalue weighted by molar-refractivity contribution is 5.59. The molecule has 2 atom stereocenters. The van der Waals surface area contributed by atoms with Gasteiger partial charge in [-0.1, -0.05) is 6.07 Å². The van der Waals surface area contributed by atoms with Gasteiger partial charge in [-0.2, -0.15) is 0 Å². The molecule has 2 aliphatic rings. The first-order chi connectivity index (χ1) is 11.1. The summed E-state index contributed by atoms with van der Waals surface area (Å²) in [4.78, 5) is 0. The predicted molar refractivity (Wildman–Crippen MR) is 83.6 cm³/mol. The minimum atomic E-state index is -0.996. The van der Waals surface area contributed by atoms with Crippen LogP contribution in [0.3, 0.4) is 0 Å². The van der Waals surface area contributed by atoms with Crippen molar-refractivity contribution in [1.29, 1.82) is 0 Å². The number of hydrogen-bond donors (Lipinski definition) is 2. The standard InChI is InChI=1S/C18H18O5/c1-21-15-5-10-8-18(20)9-23-14-6-11(19)3-4-12(14)17(18)13(10)7-16(15)22-2/h3-7,17,19-20H,8-9H2,1-2H3/t17-,18+/m0/s1. The fraction of sp³-hybridized carbons (Fsp3) is 0.333. The van der Waals surface area contributed by atoms with Gasteiger partial charge in [-0.05, 0) is 29.3 Å². The summed E-state index contributed by atoms with van der Waals surface area (Å²) in [5.74, 6) is 1.85. The highest BCUT2D eigenvalue weighted by Crippen LogP contribution is 2.53. The average Bonchev–Trinajstić information content (AvgIpc) is 2.84. The first kappa shape index (κ1) is 14.2. The Morgan fingerprint density at radius 2 is 1.83 bits per heavy atom. The van der Waals surface area contributed by atoms with Gasteiger partial charge >= 0.3 is 0 Å². The number of phenolic OH excluding ortho intramolecular Hbond substituents is 1. The van der Waals surface area contributed by atoms with E-state index < -0.39 is 5.60 Å². The van der Waals surface area contributed by atoms with E-state index in [0.717, 1.165) is 16.7 Å². The Hall–Kier alpha value is -2.40. The Morgan fingerprint density at radius 3 is 2.57 bits per heavy atom. The zero-order valence-corrected chi connectivity index (χ0v) is 13.0. The second-order valence-electron chi connectivity index (χ2n) is 6.13. The second-order valence-corrected chi connectivity index (χ2v) is 6.13. The topological polar surface area (TPSA) is 68.2 Å². The fourth-order valence-electron chi connectivity index (χ4n) is 3.76. The summed E-state index contributed by atoms with van der Waals surface area (Å²) in [5.41, 5.74) is 1.92. The fourth-order valence-corrected chi connectivity index (χ4v) is 3.76. The van der Waals surface area contributed by atoms with E-state index in [0.29, 0.717) is 23.7 Å². The summed E-state index contributed by atoms with van der Waals surface area (Å²) in [6.45, 7) is 0.188. The van der Waals surface area contributed by atoms with Crippen molar-refractivity contribution in [2.75, 3.05) is 20.8 Å². The third-order valence-corrected chi connectivity index (χ3v) is 4.78. The van der Waals surface area contributed by atoms with Crippen molar-refractivity contribution in [1.82, 2.24) is 0 Å². The first-order valence-corrected chi connectivity index (χ1v) is 7.48. The van der Waals surface area contributed by atoms with Gasteiger partial charge in [0, 0.05) is 24.0 Å². The lowest BCUT2D eigenvalue weighted by molar-refractivity contribution is -0.0218. The zero-order chi connectivity index (χ0) is 16.2. The molecule has 1 aliphatic carbocycles. The van der Waals surface area contributed by atoms with Crippen LogP contribution in [-0.2, 0) is 6.42 Å². The Balaban J connectivity index is 1.91. The SMILES string of the molecule is COc1cc2c(cc1OC)[C@@H]1c3ccc(O)cc3OC[C@]1(O)C2. The lowest BCUT2D eigenvalue weighted by Crippen LogP contribution is -2.43. The molecule has 0 saturated carbocycles. The minimum Gasteiger partial charge on any atom is -0.508 e. The molecule has 0 amide bonds. The maximum absolute atomic E-state index is 11.1. The Bertz CT molecular complexity index is 785. The number of aliphatic hydroxyl groups is 1. The van der Waals surface area contributed by atoms with Crippen LogP contribution in [0, 0.1) is 0 Å². The Kier molecular flexibility index (Phi) is 2.96. The number of ether oxygens (including phenoxy) is 3. The van der Waals surface area contributed by atoms with Gasteiger partial charge in [-0.3, -0.25) is 0 Å². The number of aromatic hydroxyl groups is 1. The van der Waals surface area contributed by atoms with Crippen LogP contribution in [0.1, 0.15) is 22.6 Å². The molecule has 0 fully saturated rings. The van der Waals surface area contributed by atoms with Gasteiger partial charge in [-0.25, -0.2) is 0 Å². The van der Waals surface area contributed by atoms with Crippen LogP contribution in [-0.4, -0.2) is 36.6 Å². The molecule has 0 aromatic heterocycles. The van der Waals surface area contributed by atoms with Gasteiger partial charge in [0.15, 0.2) is 11.5 Å². The van der Waals surface area contributed by atoms with Gasteiger partial charge in [0.25, 0.3) is 0 Å². The van der Waals surface area contributed by atoms with Crippen LogP contribution >= 0.6 is 0 Å². The van der Waals surface area contributed by atoms with Crippen molar-refractivity contribution in [3.8, 4) is 23.0 Å². The van der Waals surface area contributed by atoms with Gasteiger partial charge in [-0.15, -0.1) is 0 Å². The van der Waals surface area contributed by atoms with E-state index in [1.165, 1.54) is 0 Å². The molecule has 1 aliphatic heterocycles. The third kappa shape index (κ3) is 1.96. The monoisotopic (exact) mass is 314 g/mol. The molecule has 5 nitrogen and oxygen atoms in total. The molecule has 0 spiro atoms. The predicted octanol–water partition coefficient (Wildman–Crippen LogP) is 2.22. The largest absolute Gasteiger partial charge is 0.508 e. The molecular weight excluding hydrogens is 296 g/mol. The smallest absolute Gasteiger partial charge is 0.161 e. The molecule has 23 heavy (non-hydrogen) atoms. The Morgan fingerprint density at radius 1 is 1.09 bits per heavy atom. The van der Waals surface area contributed by atoms with Crippen LogP contribution in [0.2, 0.25) is 0 Å². The number of benzene rings is 2. The number of hydrogen-bond acceptors (Lipinski definition) is 5. The average molecular weight is 314 g/mol. The summed E-state index contributed by atoms with van der Waals surface area (Å²) in [6, 6.07) is 8.87. The highest BCUT2D eigenvalue weighted by Gasteiger charge is 2.50. The van der Waals surface area contributed by atoms with E-state index in [9.17, 15) is 10.2 Å². The quantitative estimate of drug-likeness (QED) is 0.889. The van der Waals surface area contributed by atoms with Crippen LogP contribution in [0.4, 0.5) is 0 Å². The molecule has 0 saturated heterocycles. The molecule has 0 radical (unpaired) electrons. The van der Waals surface area contributed by atoms with E-state index >= 15 is 0 Å². The Labute approximate surface area is 134 Å². The van der Waals surface area contributed by atoms with Crippen molar-refractivity contribution in [3.63, 3.8) is 0 Å². The second kappa shape index (κ2) is 4.80. The summed E-state index contributed by atoms with van der Waals surface area (Å²) < 4.78 is 16.5. The summed E-state index contributed by atoms with van der Waals surface area (Å²) in [6.07, 6.45) is 0.494. The zero-order valence-electron chi connectivity index (χ0n) is 13.0. The molecule has 0 bridgehead atoms. The summed E-state index contributed by atoms with van der Waals surface area (Å²) >= 11 is 0. The van der Waals surface area contributed by atoms with Crippen molar-refractivity contribution in [3.05, 3.63) is 47.0 Å². The molecule has 5 heteroatoms. The molecule has 2 N–H and O–H groups in total. The van der Waals surface area contributed by atoms with Crippen molar-refractivity contribution >= 4 is 0 Å². The van der Waals surface area contributed by atoms with Gasteiger partial charge < -0.3 is 24.4 Å². The lowest BCUT2D eigenvalue weighted by Gasteiger charge is -2.36. The maximum Gasteiger partial charge on any atom is 0.161 e. The van der Waals surface area contributed by atoms with E-state index in [-0.39, 0.29) is 18.3 Å². The van der Waals surface area contributed by atoms with Crippen LogP contribution in [0.25, 0.3) is 0 Å². The number of rotatable bonds is 2. The van der Waals surface area contributed by atoms with Gasteiger partial charge in [0.05, 0.1) is 14.2 Å². The van der Waals surface area contributed by atoms with Crippen molar-refractivity contribution < 1.29 is 24.4 Å². The molecule has 120 valence electrons. The first-order valence-electron chi connectivity index (χ1n) is 7.48. The van der Waals surface area contributed by atoms with E-state index in [1.54, 1.807) is 26.4 Å². The maximum atomic E-state index is 11.1. The number of methoxy groups -OCH3 is 2. The number of fused-ring (bicyclic) bond motifs is 5. The molecule has 2 aromatic rings. The van der Waals surface area contributed by atoms with Crippen LogP contribution in [0.5, 0.6) is 23.0 Å². The molecule has 4 rings (SSSR count). The van der Waals surface area contributed by atoms with E-state index in [1.807, 2.05) is 18.2 Å². The third-order valence-electron chi connectivity index (χ3n) is 4.78. The minimum absolute atomic E-state index is 0.153. The number of phenols is 1. The van der Waals surface area contributed by atoms with Gasteiger partial charge in [0.1, 0.15) is 23.7 Å². The lowest BCUT2D eigenvalue weighted by atomic mass is 9.80. The van der Waals surface area contributed by atoms with E-state index in [2.05, 4.69) is 0 Å².